The first-order chi connectivity index (χ1) is 9.19. The summed E-state index contributed by atoms with van der Waals surface area (Å²) in [4.78, 5) is 0. The summed E-state index contributed by atoms with van der Waals surface area (Å²) in [5.41, 5.74) is 5.20. The molecule has 0 radical (unpaired) electrons. The minimum atomic E-state index is 0.308. The second-order valence-electron chi connectivity index (χ2n) is 4.87. The Balaban J connectivity index is 2.09. The van der Waals surface area contributed by atoms with Crippen molar-refractivity contribution in [3.05, 3.63) is 69.8 Å². The standard InChI is InChI=1S/C17H15ClO/c1-11-9-13-5-8-15(19-2)10-16(13)17(11)12-3-6-14(18)7-4-12/h3-10,17H,1-2H3. The lowest BCUT2D eigenvalue weighted by Gasteiger charge is -2.16. The molecular weight excluding hydrogens is 256 g/mol. The Bertz CT molecular complexity index is 641. The highest BCUT2D eigenvalue weighted by Crippen LogP contribution is 2.42. The monoisotopic (exact) mass is 270 g/mol. The third-order valence-corrected chi connectivity index (χ3v) is 3.90. The predicted molar refractivity (Wildman–Crippen MR) is 79.9 cm³/mol. The van der Waals surface area contributed by atoms with E-state index in [0.717, 1.165) is 10.8 Å². The summed E-state index contributed by atoms with van der Waals surface area (Å²) in [6.07, 6.45) is 2.24. The molecule has 96 valence electrons. The zero-order valence-electron chi connectivity index (χ0n) is 11.0. The summed E-state index contributed by atoms with van der Waals surface area (Å²) in [5, 5.41) is 0.772. The van der Waals surface area contributed by atoms with Gasteiger partial charge in [-0.2, -0.15) is 0 Å². The van der Waals surface area contributed by atoms with Crippen LogP contribution in [0.2, 0.25) is 5.02 Å². The molecule has 0 bridgehead atoms. The summed E-state index contributed by atoms with van der Waals surface area (Å²) in [5.74, 6) is 1.21. The van der Waals surface area contributed by atoms with Crippen molar-refractivity contribution in [3.63, 3.8) is 0 Å². The Morgan fingerprint density at radius 2 is 1.79 bits per heavy atom. The van der Waals surface area contributed by atoms with Crippen LogP contribution in [0.5, 0.6) is 5.75 Å². The van der Waals surface area contributed by atoms with Gasteiger partial charge in [-0.05, 0) is 47.9 Å². The number of fused-ring (bicyclic) bond motifs is 1. The van der Waals surface area contributed by atoms with Crippen molar-refractivity contribution in [1.82, 2.24) is 0 Å². The van der Waals surface area contributed by atoms with Gasteiger partial charge in [0.05, 0.1) is 7.11 Å². The van der Waals surface area contributed by atoms with Crippen LogP contribution in [0, 0.1) is 0 Å². The van der Waals surface area contributed by atoms with Gasteiger partial charge in [-0.1, -0.05) is 41.4 Å². The van der Waals surface area contributed by atoms with Gasteiger partial charge in [-0.15, -0.1) is 0 Å². The van der Waals surface area contributed by atoms with Crippen LogP contribution in [-0.2, 0) is 0 Å². The largest absolute Gasteiger partial charge is 0.497 e. The molecule has 1 aliphatic rings. The maximum absolute atomic E-state index is 5.97. The van der Waals surface area contributed by atoms with Crippen molar-refractivity contribution in [2.24, 2.45) is 0 Å². The van der Waals surface area contributed by atoms with E-state index in [1.54, 1.807) is 7.11 Å². The van der Waals surface area contributed by atoms with Gasteiger partial charge in [0, 0.05) is 10.9 Å². The fraction of sp³-hybridized carbons (Fsp3) is 0.176. The first kappa shape index (κ1) is 12.3. The van der Waals surface area contributed by atoms with Crippen molar-refractivity contribution in [2.45, 2.75) is 12.8 Å². The zero-order valence-corrected chi connectivity index (χ0v) is 11.7. The van der Waals surface area contributed by atoms with Gasteiger partial charge in [-0.25, -0.2) is 0 Å². The molecule has 0 amide bonds. The summed E-state index contributed by atoms with van der Waals surface area (Å²) in [7, 11) is 1.70. The topological polar surface area (TPSA) is 9.23 Å². The smallest absolute Gasteiger partial charge is 0.119 e. The Morgan fingerprint density at radius 3 is 2.47 bits per heavy atom. The zero-order chi connectivity index (χ0) is 13.4. The van der Waals surface area contributed by atoms with Crippen molar-refractivity contribution in [3.8, 4) is 5.75 Å². The molecule has 0 spiro atoms. The summed E-state index contributed by atoms with van der Waals surface area (Å²) in [6, 6.07) is 14.3. The van der Waals surface area contributed by atoms with E-state index in [-0.39, 0.29) is 0 Å². The van der Waals surface area contributed by atoms with Crippen LogP contribution in [0.15, 0.2) is 48.0 Å². The van der Waals surface area contributed by atoms with Crippen molar-refractivity contribution in [2.75, 3.05) is 7.11 Å². The van der Waals surface area contributed by atoms with E-state index < -0.39 is 0 Å². The summed E-state index contributed by atoms with van der Waals surface area (Å²) < 4.78 is 5.33. The molecule has 2 heteroatoms. The van der Waals surface area contributed by atoms with Crippen LogP contribution in [0.1, 0.15) is 29.5 Å². The van der Waals surface area contributed by atoms with E-state index in [4.69, 9.17) is 16.3 Å². The van der Waals surface area contributed by atoms with Crippen LogP contribution in [-0.4, -0.2) is 7.11 Å². The quantitative estimate of drug-likeness (QED) is 0.754. The fourth-order valence-corrected chi connectivity index (χ4v) is 2.86. The van der Waals surface area contributed by atoms with E-state index in [9.17, 15) is 0 Å². The van der Waals surface area contributed by atoms with Crippen molar-refractivity contribution < 1.29 is 4.74 Å². The lowest BCUT2D eigenvalue weighted by atomic mass is 9.89. The molecule has 1 aliphatic carbocycles. The van der Waals surface area contributed by atoms with Gasteiger partial charge in [0.25, 0.3) is 0 Å². The maximum atomic E-state index is 5.97. The number of ether oxygens (including phenoxy) is 1. The summed E-state index contributed by atoms with van der Waals surface area (Å²) in [6.45, 7) is 2.17. The molecule has 2 aromatic carbocycles. The number of hydrogen-bond donors (Lipinski definition) is 0. The number of methoxy groups -OCH3 is 1. The Hall–Kier alpha value is -1.73. The SMILES string of the molecule is COc1ccc2c(c1)C(c1ccc(Cl)cc1)C(C)=C2. The molecule has 1 nitrogen and oxygen atoms in total. The number of hydrogen-bond acceptors (Lipinski definition) is 1. The molecular formula is C17H15ClO. The summed E-state index contributed by atoms with van der Waals surface area (Å²) >= 11 is 5.97. The molecule has 1 unspecified atom stereocenters. The number of halogens is 1. The highest BCUT2D eigenvalue weighted by atomic mass is 35.5. The molecule has 0 saturated heterocycles. The molecule has 0 aliphatic heterocycles. The second-order valence-corrected chi connectivity index (χ2v) is 5.30. The Morgan fingerprint density at radius 1 is 1.05 bits per heavy atom. The van der Waals surface area contributed by atoms with Crippen LogP contribution < -0.4 is 4.74 Å². The maximum Gasteiger partial charge on any atom is 0.119 e. The van der Waals surface area contributed by atoms with Crippen LogP contribution in [0.4, 0.5) is 0 Å². The number of allylic oxidation sites excluding steroid dienone is 1. The van der Waals surface area contributed by atoms with Crippen molar-refractivity contribution in [1.29, 1.82) is 0 Å². The van der Waals surface area contributed by atoms with Gasteiger partial charge in [0.15, 0.2) is 0 Å². The second kappa shape index (κ2) is 4.75. The number of rotatable bonds is 2. The average molecular weight is 271 g/mol. The van der Waals surface area contributed by atoms with Crippen LogP contribution >= 0.6 is 11.6 Å². The minimum absolute atomic E-state index is 0.308. The molecule has 1 atom stereocenters. The Labute approximate surface area is 118 Å². The normalized spacial score (nSPS) is 17.0. The molecule has 0 saturated carbocycles. The third kappa shape index (κ3) is 2.15. The minimum Gasteiger partial charge on any atom is -0.497 e. The van der Waals surface area contributed by atoms with E-state index >= 15 is 0 Å². The molecule has 19 heavy (non-hydrogen) atoms. The van der Waals surface area contributed by atoms with Gasteiger partial charge in [0.2, 0.25) is 0 Å². The van der Waals surface area contributed by atoms with E-state index in [1.165, 1.54) is 22.3 Å². The fourth-order valence-electron chi connectivity index (χ4n) is 2.73. The highest BCUT2D eigenvalue weighted by molar-refractivity contribution is 6.30. The molecule has 0 heterocycles. The highest BCUT2D eigenvalue weighted by Gasteiger charge is 2.24. The molecule has 3 rings (SSSR count). The van der Waals surface area contributed by atoms with Crippen LogP contribution in [0.3, 0.4) is 0 Å². The number of benzene rings is 2. The Kier molecular flexibility index (Phi) is 3.08. The van der Waals surface area contributed by atoms with Crippen LogP contribution in [0.25, 0.3) is 6.08 Å². The van der Waals surface area contributed by atoms with Gasteiger partial charge in [0.1, 0.15) is 5.75 Å². The van der Waals surface area contributed by atoms with E-state index in [2.05, 4.69) is 37.3 Å². The van der Waals surface area contributed by atoms with Gasteiger partial charge < -0.3 is 4.74 Å². The van der Waals surface area contributed by atoms with E-state index in [1.807, 2.05) is 18.2 Å². The lowest BCUT2D eigenvalue weighted by molar-refractivity contribution is 0.414. The third-order valence-electron chi connectivity index (χ3n) is 3.65. The molecule has 0 N–H and O–H groups in total. The predicted octanol–water partition coefficient (Wildman–Crippen LogP) is 4.90. The molecule has 0 fully saturated rings. The van der Waals surface area contributed by atoms with Gasteiger partial charge in [-0.3, -0.25) is 0 Å². The average Bonchev–Trinajstić information content (AvgIpc) is 2.75. The first-order valence-corrected chi connectivity index (χ1v) is 6.68. The molecule has 2 aromatic rings. The lowest BCUT2D eigenvalue weighted by Crippen LogP contribution is -1.99. The first-order valence-electron chi connectivity index (χ1n) is 6.30. The molecule has 0 aromatic heterocycles. The van der Waals surface area contributed by atoms with E-state index in [0.29, 0.717) is 5.92 Å². The van der Waals surface area contributed by atoms with Gasteiger partial charge >= 0.3 is 0 Å². The van der Waals surface area contributed by atoms with Crippen molar-refractivity contribution >= 4 is 17.7 Å².